The summed E-state index contributed by atoms with van der Waals surface area (Å²) in [6.07, 6.45) is -0.450. The van der Waals surface area contributed by atoms with Crippen LogP contribution in [0, 0.1) is 26.6 Å². The van der Waals surface area contributed by atoms with Gasteiger partial charge >= 0.3 is 0 Å². The van der Waals surface area contributed by atoms with Crippen molar-refractivity contribution in [1.82, 2.24) is 0 Å². The molecule has 21 heavy (non-hydrogen) atoms. The molecule has 0 aromatic heterocycles. The molecule has 0 amide bonds. The molecule has 1 aliphatic rings. The predicted octanol–water partition coefficient (Wildman–Crippen LogP) is 4.31. The van der Waals surface area contributed by atoms with Gasteiger partial charge in [0.1, 0.15) is 17.7 Å². The zero-order chi connectivity index (χ0) is 15.1. The normalized spacial score (nSPS) is 20.8. The Morgan fingerprint density at radius 1 is 1.10 bits per heavy atom. The summed E-state index contributed by atoms with van der Waals surface area (Å²) in [6, 6.07) is 8.56. The predicted molar refractivity (Wildman–Crippen MR) is 80.0 cm³/mol. The third kappa shape index (κ3) is 2.54. The van der Waals surface area contributed by atoms with Gasteiger partial charge in [0, 0.05) is 12.0 Å². The van der Waals surface area contributed by atoms with Gasteiger partial charge in [-0.15, -0.1) is 0 Å². The molecule has 0 bridgehead atoms. The van der Waals surface area contributed by atoms with Crippen LogP contribution in [0.1, 0.15) is 46.4 Å². The minimum Gasteiger partial charge on any atom is -0.485 e. The SMILES string of the molecule is Cc1cc(C)c(C2C[C@H](O)c3cc(F)ccc3O2)c(C)c1. The lowest BCUT2D eigenvalue weighted by Crippen LogP contribution is -2.21. The first kappa shape index (κ1) is 14.1. The van der Waals surface area contributed by atoms with Crippen LogP contribution in [0.25, 0.3) is 0 Å². The molecule has 1 unspecified atom stereocenters. The van der Waals surface area contributed by atoms with E-state index < -0.39 is 6.10 Å². The molecule has 0 aliphatic carbocycles. The molecule has 2 aromatic carbocycles. The van der Waals surface area contributed by atoms with E-state index in [1.807, 2.05) is 0 Å². The first-order valence-corrected chi connectivity index (χ1v) is 7.17. The molecule has 0 saturated heterocycles. The van der Waals surface area contributed by atoms with Gasteiger partial charge < -0.3 is 9.84 Å². The van der Waals surface area contributed by atoms with Gasteiger partial charge in [0.05, 0.1) is 6.10 Å². The smallest absolute Gasteiger partial charge is 0.127 e. The topological polar surface area (TPSA) is 29.5 Å². The first-order valence-electron chi connectivity index (χ1n) is 7.17. The van der Waals surface area contributed by atoms with Crippen molar-refractivity contribution in [3.05, 3.63) is 64.0 Å². The van der Waals surface area contributed by atoms with E-state index in [9.17, 15) is 9.50 Å². The second kappa shape index (κ2) is 5.15. The Morgan fingerprint density at radius 2 is 1.76 bits per heavy atom. The van der Waals surface area contributed by atoms with Crippen LogP contribution in [0.4, 0.5) is 4.39 Å². The van der Waals surface area contributed by atoms with E-state index in [1.54, 1.807) is 6.07 Å². The summed E-state index contributed by atoms with van der Waals surface area (Å²) in [7, 11) is 0. The summed E-state index contributed by atoms with van der Waals surface area (Å²) >= 11 is 0. The fourth-order valence-electron chi connectivity index (χ4n) is 3.29. The van der Waals surface area contributed by atoms with Gasteiger partial charge in [0.25, 0.3) is 0 Å². The van der Waals surface area contributed by atoms with E-state index in [-0.39, 0.29) is 11.9 Å². The standard InChI is InChI=1S/C18H19FO2/c1-10-6-11(2)18(12(3)7-10)17-9-15(20)14-8-13(19)4-5-16(14)21-17/h4-8,15,17,20H,9H2,1-3H3/t15-,17?/m0/s1. The number of aliphatic hydroxyl groups excluding tert-OH is 1. The highest BCUT2D eigenvalue weighted by atomic mass is 19.1. The molecular formula is C18H19FO2. The Balaban J connectivity index is 2.02. The lowest BCUT2D eigenvalue weighted by Gasteiger charge is -2.31. The van der Waals surface area contributed by atoms with Gasteiger partial charge in [-0.05, 0) is 55.7 Å². The van der Waals surface area contributed by atoms with Crippen LogP contribution in [0.3, 0.4) is 0 Å². The summed E-state index contributed by atoms with van der Waals surface area (Å²) < 4.78 is 19.3. The second-order valence-corrected chi connectivity index (χ2v) is 5.85. The van der Waals surface area contributed by atoms with E-state index in [0.717, 1.165) is 16.7 Å². The highest BCUT2D eigenvalue weighted by Gasteiger charge is 2.30. The minimum absolute atomic E-state index is 0.196. The van der Waals surface area contributed by atoms with Gasteiger partial charge in [-0.25, -0.2) is 4.39 Å². The Hall–Kier alpha value is -1.87. The quantitative estimate of drug-likeness (QED) is 0.846. The zero-order valence-electron chi connectivity index (χ0n) is 12.5. The van der Waals surface area contributed by atoms with Crippen molar-refractivity contribution in [2.75, 3.05) is 0 Å². The van der Waals surface area contributed by atoms with Crippen LogP contribution >= 0.6 is 0 Å². The van der Waals surface area contributed by atoms with E-state index in [2.05, 4.69) is 32.9 Å². The van der Waals surface area contributed by atoms with Gasteiger partial charge in [-0.2, -0.15) is 0 Å². The van der Waals surface area contributed by atoms with E-state index in [1.165, 1.54) is 17.7 Å². The molecule has 0 fully saturated rings. The molecule has 1 aliphatic heterocycles. The fourth-order valence-corrected chi connectivity index (χ4v) is 3.29. The molecular weight excluding hydrogens is 267 g/mol. The lowest BCUT2D eigenvalue weighted by molar-refractivity contribution is 0.0648. The zero-order valence-corrected chi connectivity index (χ0v) is 12.5. The van der Waals surface area contributed by atoms with Crippen molar-refractivity contribution in [2.45, 2.75) is 39.4 Å². The van der Waals surface area contributed by atoms with Crippen molar-refractivity contribution in [3.8, 4) is 5.75 Å². The molecule has 0 radical (unpaired) electrons. The number of rotatable bonds is 1. The molecule has 2 atom stereocenters. The molecule has 0 saturated carbocycles. The number of ether oxygens (including phenoxy) is 1. The van der Waals surface area contributed by atoms with Crippen LogP contribution in [0.2, 0.25) is 0 Å². The third-order valence-electron chi connectivity index (χ3n) is 4.10. The maximum Gasteiger partial charge on any atom is 0.127 e. The second-order valence-electron chi connectivity index (χ2n) is 5.85. The number of aliphatic hydroxyl groups is 1. The molecule has 3 rings (SSSR count). The van der Waals surface area contributed by atoms with E-state index in [4.69, 9.17) is 4.74 Å². The number of benzene rings is 2. The minimum atomic E-state index is -0.699. The first-order chi connectivity index (χ1) is 9.95. The fraction of sp³-hybridized carbons (Fsp3) is 0.333. The molecule has 2 aromatic rings. The molecule has 0 spiro atoms. The summed E-state index contributed by atoms with van der Waals surface area (Å²) in [5, 5.41) is 10.3. The van der Waals surface area contributed by atoms with Crippen molar-refractivity contribution >= 4 is 0 Å². The summed E-state index contributed by atoms with van der Waals surface area (Å²) in [4.78, 5) is 0. The van der Waals surface area contributed by atoms with Crippen molar-refractivity contribution in [2.24, 2.45) is 0 Å². The number of hydrogen-bond donors (Lipinski definition) is 1. The van der Waals surface area contributed by atoms with Crippen LogP contribution in [-0.4, -0.2) is 5.11 Å². The number of halogens is 1. The Morgan fingerprint density at radius 3 is 2.43 bits per heavy atom. The number of hydrogen-bond acceptors (Lipinski definition) is 2. The Labute approximate surface area is 124 Å². The van der Waals surface area contributed by atoms with Gasteiger partial charge in [0.2, 0.25) is 0 Å². The summed E-state index contributed by atoms with van der Waals surface area (Å²) in [6.45, 7) is 6.19. The van der Waals surface area contributed by atoms with Crippen molar-refractivity contribution < 1.29 is 14.2 Å². The monoisotopic (exact) mass is 286 g/mol. The number of aryl methyl sites for hydroxylation is 3. The van der Waals surface area contributed by atoms with Gasteiger partial charge in [-0.3, -0.25) is 0 Å². The Bertz CT molecular complexity index is 671. The average Bonchev–Trinajstić information content (AvgIpc) is 2.38. The summed E-state index contributed by atoms with van der Waals surface area (Å²) in [5.41, 5.74) is 5.20. The van der Waals surface area contributed by atoms with Gasteiger partial charge in [-0.1, -0.05) is 17.7 Å². The third-order valence-corrected chi connectivity index (χ3v) is 4.10. The van der Waals surface area contributed by atoms with E-state index in [0.29, 0.717) is 17.7 Å². The maximum atomic E-state index is 13.3. The van der Waals surface area contributed by atoms with Crippen LogP contribution in [0.5, 0.6) is 5.75 Å². The molecule has 110 valence electrons. The van der Waals surface area contributed by atoms with Crippen LogP contribution < -0.4 is 4.74 Å². The Kier molecular flexibility index (Phi) is 3.46. The molecule has 3 heteroatoms. The van der Waals surface area contributed by atoms with Crippen molar-refractivity contribution in [1.29, 1.82) is 0 Å². The molecule has 1 heterocycles. The lowest BCUT2D eigenvalue weighted by atomic mass is 9.89. The largest absolute Gasteiger partial charge is 0.485 e. The van der Waals surface area contributed by atoms with Crippen LogP contribution in [0.15, 0.2) is 30.3 Å². The highest BCUT2D eigenvalue weighted by molar-refractivity contribution is 5.43. The molecule has 2 nitrogen and oxygen atoms in total. The van der Waals surface area contributed by atoms with Crippen molar-refractivity contribution in [3.63, 3.8) is 0 Å². The van der Waals surface area contributed by atoms with Crippen LogP contribution in [-0.2, 0) is 0 Å². The number of fused-ring (bicyclic) bond motifs is 1. The van der Waals surface area contributed by atoms with Gasteiger partial charge in [0.15, 0.2) is 0 Å². The highest BCUT2D eigenvalue weighted by Crippen LogP contribution is 2.42. The average molecular weight is 286 g/mol. The maximum absolute atomic E-state index is 13.3. The van der Waals surface area contributed by atoms with E-state index >= 15 is 0 Å². The molecule has 1 N–H and O–H groups in total. The summed E-state index contributed by atoms with van der Waals surface area (Å²) in [5.74, 6) is 0.220.